The second-order valence-electron chi connectivity index (χ2n) is 4.26. The molecule has 0 spiro atoms. The second-order valence-corrected chi connectivity index (χ2v) is 5.28. The Morgan fingerprint density at radius 1 is 0.950 bits per heavy atom. The number of benzene rings is 2. The van der Waals surface area contributed by atoms with Gasteiger partial charge in [0.05, 0.1) is 12.2 Å². The van der Waals surface area contributed by atoms with Gasteiger partial charge in [0.1, 0.15) is 0 Å². The number of rotatable bonds is 4. The van der Waals surface area contributed by atoms with E-state index in [0.717, 1.165) is 23.4 Å². The van der Waals surface area contributed by atoms with Crippen molar-refractivity contribution in [1.29, 1.82) is 0 Å². The molecule has 106 valence electrons. The molecule has 5 heteroatoms. The van der Waals surface area contributed by atoms with Crippen LogP contribution in [0.5, 0.6) is 0 Å². The molecule has 20 heavy (non-hydrogen) atoms. The number of aliphatic hydroxyl groups is 1. The van der Waals surface area contributed by atoms with Gasteiger partial charge >= 0.3 is 6.18 Å². The zero-order valence-corrected chi connectivity index (χ0v) is 11.3. The van der Waals surface area contributed by atoms with Crippen LogP contribution in [0.1, 0.15) is 16.7 Å². The van der Waals surface area contributed by atoms with Crippen LogP contribution in [0.3, 0.4) is 0 Å². The third-order valence-corrected chi connectivity index (χ3v) is 3.91. The van der Waals surface area contributed by atoms with Crippen molar-refractivity contribution in [2.45, 2.75) is 23.4 Å². The van der Waals surface area contributed by atoms with E-state index in [1.54, 1.807) is 0 Å². The Balaban J connectivity index is 2.23. The summed E-state index contributed by atoms with van der Waals surface area (Å²) in [5.41, 5.74) is 0.545. The third kappa shape index (κ3) is 3.77. The SMILES string of the molecule is OCc1ccc(SCc2ccccc2)c(C(F)(F)F)c1. The summed E-state index contributed by atoms with van der Waals surface area (Å²) in [6.07, 6.45) is -4.41. The number of hydrogen-bond acceptors (Lipinski definition) is 2. The molecule has 0 atom stereocenters. The van der Waals surface area contributed by atoms with Crippen LogP contribution in [0.25, 0.3) is 0 Å². The molecule has 0 saturated carbocycles. The standard InChI is InChI=1S/C15H13F3OS/c16-15(17,18)13-8-12(9-19)6-7-14(13)20-10-11-4-2-1-3-5-11/h1-8,19H,9-10H2. The second kappa shape index (κ2) is 6.33. The smallest absolute Gasteiger partial charge is 0.392 e. The zero-order valence-electron chi connectivity index (χ0n) is 10.5. The van der Waals surface area contributed by atoms with Crippen molar-refractivity contribution in [3.8, 4) is 0 Å². The average Bonchev–Trinajstić information content (AvgIpc) is 2.45. The van der Waals surface area contributed by atoms with Crippen molar-refractivity contribution in [2.75, 3.05) is 0 Å². The van der Waals surface area contributed by atoms with E-state index < -0.39 is 18.3 Å². The first kappa shape index (κ1) is 14.9. The molecule has 2 aromatic carbocycles. The maximum absolute atomic E-state index is 13.0. The Morgan fingerprint density at radius 2 is 1.65 bits per heavy atom. The van der Waals surface area contributed by atoms with Crippen LogP contribution in [-0.4, -0.2) is 5.11 Å². The van der Waals surface area contributed by atoms with Gasteiger partial charge in [0.15, 0.2) is 0 Å². The molecule has 0 aliphatic carbocycles. The van der Waals surface area contributed by atoms with Crippen LogP contribution < -0.4 is 0 Å². The molecule has 0 heterocycles. The van der Waals surface area contributed by atoms with E-state index in [-0.39, 0.29) is 10.5 Å². The summed E-state index contributed by atoms with van der Waals surface area (Å²) < 4.78 is 39.0. The topological polar surface area (TPSA) is 20.2 Å². The fraction of sp³-hybridized carbons (Fsp3) is 0.200. The minimum Gasteiger partial charge on any atom is -0.392 e. The number of thioether (sulfide) groups is 1. The van der Waals surface area contributed by atoms with Crippen LogP contribution in [0.4, 0.5) is 13.2 Å². The first-order valence-electron chi connectivity index (χ1n) is 5.98. The first-order valence-corrected chi connectivity index (χ1v) is 6.97. The van der Waals surface area contributed by atoms with Crippen molar-refractivity contribution in [3.05, 3.63) is 65.2 Å². The van der Waals surface area contributed by atoms with E-state index in [1.807, 2.05) is 30.3 Å². The lowest BCUT2D eigenvalue weighted by molar-refractivity contribution is -0.139. The predicted molar refractivity (Wildman–Crippen MR) is 73.4 cm³/mol. The fourth-order valence-electron chi connectivity index (χ4n) is 1.76. The van der Waals surface area contributed by atoms with Crippen LogP contribution >= 0.6 is 11.8 Å². The molecular weight excluding hydrogens is 285 g/mol. The van der Waals surface area contributed by atoms with E-state index in [4.69, 9.17) is 5.11 Å². The van der Waals surface area contributed by atoms with Crippen molar-refractivity contribution in [1.82, 2.24) is 0 Å². The van der Waals surface area contributed by atoms with Gasteiger partial charge < -0.3 is 5.11 Å². The van der Waals surface area contributed by atoms with E-state index in [9.17, 15) is 13.2 Å². The van der Waals surface area contributed by atoms with Crippen molar-refractivity contribution >= 4 is 11.8 Å². The molecular formula is C15H13F3OS. The van der Waals surface area contributed by atoms with E-state index >= 15 is 0 Å². The summed E-state index contributed by atoms with van der Waals surface area (Å²) in [6.45, 7) is -0.396. The maximum atomic E-state index is 13.0. The number of alkyl halides is 3. The highest BCUT2D eigenvalue weighted by Gasteiger charge is 2.33. The molecule has 0 amide bonds. The van der Waals surface area contributed by atoms with Gasteiger partial charge in [-0.2, -0.15) is 13.2 Å². The minimum atomic E-state index is -4.41. The van der Waals surface area contributed by atoms with Crippen LogP contribution in [0.2, 0.25) is 0 Å². The van der Waals surface area contributed by atoms with E-state index in [0.29, 0.717) is 5.75 Å². The van der Waals surface area contributed by atoms with Gasteiger partial charge in [0, 0.05) is 10.6 Å². The Labute approximate surface area is 119 Å². The molecule has 1 nitrogen and oxygen atoms in total. The molecule has 0 bridgehead atoms. The van der Waals surface area contributed by atoms with Gasteiger partial charge in [-0.3, -0.25) is 0 Å². The Morgan fingerprint density at radius 3 is 2.25 bits per heavy atom. The summed E-state index contributed by atoms with van der Waals surface area (Å²) in [7, 11) is 0. The summed E-state index contributed by atoms with van der Waals surface area (Å²) >= 11 is 1.14. The van der Waals surface area contributed by atoms with Crippen molar-refractivity contribution in [3.63, 3.8) is 0 Å². The van der Waals surface area contributed by atoms with Gasteiger partial charge in [-0.25, -0.2) is 0 Å². The summed E-state index contributed by atoms with van der Waals surface area (Å²) in [5.74, 6) is 0.475. The molecule has 0 fully saturated rings. The summed E-state index contributed by atoms with van der Waals surface area (Å²) in [6, 6.07) is 13.3. The molecule has 2 rings (SSSR count). The van der Waals surface area contributed by atoms with Crippen LogP contribution in [0.15, 0.2) is 53.4 Å². The van der Waals surface area contributed by atoms with E-state index in [2.05, 4.69) is 0 Å². The highest BCUT2D eigenvalue weighted by molar-refractivity contribution is 7.98. The lowest BCUT2D eigenvalue weighted by atomic mass is 10.1. The quantitative estimate of drug-likeness (QED) is 0.839. The Kier molecular flexibility index (Phi) is 4.73. The monoisotopic (exact) mass is 298 g/mol. The van der Waals surface area contributed by atoms with E-state index in [1.165, 1.54) is 12.1 Å². The zero-order chi connectivity index (χ0) is 14.6. The molecule has 0 saturated heterocycles. The number of hydrogen-bond donors (Lipinski definition) is 1. The van der Waals surface area contributed by atoms with Gasteiger partial charge in [-0.15, -0.1) is 11.8 Å². The normalized spacial score (nSPS) is 11.6. The minimum absolute atomic E-state index is 0.179. The van der Waals surface area contributed by atoms with Gasteiger partial charge in [0.25, 0.3) is 0 Å². The lowest BCUT2D eigenvalue weighted by Gasteiger charge is -2.13. The largest absolute Gasteiger partial charge is 0.417 e. The molecule has 2 aromatic rings. The Bertz CT molecular complexity index is 567. The van der Waals surface area contributed by atoms with Gasteiger partial charge in [0.2, 0.25) is 0 Å². The molecule has 0 unspecified atom stereocenters. The molecule has 1 N–H and O–H groups in total. The highest BCUT2D eigenvalue weighted by atomic mass is 32.2. The summed E-state index contributed by atoms with van der Waals surface area (Å²) in [4.78, 5) is 0.179. The Hall–Kier alpha value is -1.46. The molecule has 0 aliphatic rings. The highest BCUT2D eigenvalue weighted by Crippen LogP contribution is 2.38. The van der Waals surface area contributed by atoms with Crippen LogP contribution in [-0.2, 0) is 18.5 Å². The summed E-state index contributed by atoms with van der Waals surface area (Å²) in [5, 5.41) is 8.95. The lowest BCUT2D eigenvalue weighted by Crippen LogP contribution is -2.07. The molecule has 0 aliphatic heterocycles. The fourth-order valence-corrected chi connectivity index (χ4v) is 2.77. The average molecular weight is 298 g/mol. The van der Waals surface area contributed by atoms with Crippen molar-refractivity contribution in [2.24, 2.45) is 0 Å². The first-order chi connectivity index (χ1) is 9.50. The molecule has 0 aromatic heterocycles. The number of aliphatic hydroxyl groups excluding tert-OH is 1. The third-order valence-electron chi connectivity index (χ3n) is 2.77. The number of halogens is 3. The van der Waals surface area contributed by atoms with Crippen molar-refractivity contribution < 1.29 is 18.3 Å². The van der Waals surface area contributed by atoms with Gasteiger partial charge in [-0.05, 0) is 23.3 Å². The maximum Gasteiger partial charge on any atom is 0.417 e. The van der Waals surface area contributed by atoms with Gasteiger partial charge in [-0.1, -0.05) is 36.4 Å². The predicted octanol–water partition coefficient (Wildman–Crippen LogP) is 4.49. The van der Waals surface area contributed by atoms with Crippen LogP contribution in [0, 0.1) is 0 Å². The molecule has 0 radical (unpaired) electrons.